The maximum Gasteiger partial charge on any atom is 0.491 e. The molecule has 22 heavy (non-hydrogen) atoms. The van der Waals surface area contributed by atoms with Gasteiger partial charge in [-0.1, -0.05) is 6.08 Å². The summed E-state index contributed by atoms with van der Waals surface area (Å²) in [5.74, 6) is 1.25. The van der Waals surface area contributed by atoms with E-state index < -0.39 is 7.12 Å². The van der Waals surface area contributed by atoms with Gasteiger partial charge in [-0.25, -0.2) is 0 Å². The van der Waals surface area contributed by atoms with Crippen molar-refractivity contribution in [3.8, 4) is 5.75 Å². The van der Waals surface area contributed by atoms with Gasteiger partial charge in [0, 0.05) is 23.1 Å². The predicted molar refractivity (Wildman–Crippen MR) is 95.3 cm³/mol. The summed E-state index contributed by atoms with van der Waals surface area (Å²) in [7, 11) is 1.21. The summed E-state index contributed by atoms with van der Waals surface area (Å²) < 4.78 is 17.5. The van der Waals surface area contributed by atoms with Crippen LogP contribution in [0.1, 0.15) is 33.3 Å². The van der Waals surface area contributed by atoms with Crippen LogP contribution < -0.4 is 10.5 Å². The molecule has 2 rings (SSSR count). The van der Waals surface area contributed by atoms with Crippen molar-refractivity contribution in [2.45, 2.75) is 38.9 Å². The predicted octanol–water partition coefficient (Wildman–Crippen LogP) is 3.22. The number of nitrogens with two attached hydrogens (primary N) is 1. The fraction of sp³-hybridized carbons (Fsp3) is 0.500. The monoisotopic (exact) mass is 321 g/mol. The number of hydrogen-bond acceptors (Lipinski definition) is 5. The zero-order chi connectivity index (χ0) is 16.5. The van der Waals surface area contributed by atoms with Crippen molar-refractivity contribution in [3.05, 3.63) is 29.2 Å². The molecule has 0 unspecified atom stereocenters. The molecule has 0 aliphatic carbocycles. The Kier molecular flexibility index (Phi) is 4.85. The molecule has 1 saturated heterocycles. The first kappa shape index (κ1) is 17.3. The molecule has 1 aromatic rings. The van der Waals surface area contributed by atoms with E-state index in [0.29, 0.717) is 11.4 Å². The fourth-order valence-electron chi connectivity index (χ4n) is 2.23. The molecule has 0 saturated carbocycles. The standard InChI is InChI=1S/C16H24BNO3S/c1-15(2)16(3,4)21-17(20-15)12(10-22)8-11-6-7-13(18)9-14(11)19-5/h6-9,22H,10,18H2,1-5H3. The van der Waals surface area contributed by atoms with Crippen LogP contribution in [0.2, 0.25) is 0 Å². The summed E-state index contributed by atoms with van der Waals surface area (Å²) in [5.41, 5.74) is 7.59. The van der Waals surface area contributed by atoms with E-state index in [0.717, 1.165) is 16.8 Å². The number of anilines is 1. The van der Waals surface area contributed by atoms with Gasteiger partial charge < -0.3 is 19.8 Å². The Bertz CT molecular complexity index is 571. The van der Waals surface area contributed by atoms with Crippen LogP contribution in [0.15, 0.2) is 23.7 Å². The Morgan fingerprint density at radius 2 is 1.86 bits per heavy atom. The van der Waals surface area contributed by atoms with Crippen molar-refractivity contribution in [2.24, 2.45) is 0 Å². The van der Waals surface area contributed by atoms with Crippen LogP contribution in [-0.4, -0.2) is 31.2 Å². The summed E-state index contributed by atoms with van der Waals surface area (Å²) in [6, 6.07) is 5.56. The second-order valence-corrected chi connectivity index (χ2v) is 6.78. The third-order valence-corrected chi connectivity index (χ3v) is 4.70. The Morgan fingerprint density at radius 1 is 1.27 bits per heavy atom. The lowest BCUT2D eigenvalue weighted by molar-refractivity contribution is 0.00578. The van der Waals surface area contributed by atoms with Crippen LogP contribution in [-0.2, 0) is 9.31 Å². The van der Waals surface area contributed by atoms with Gasteiger partial charge in [0.25, 0.3) is 0 Å². The smallest absolute Gasteiger partial charge is 0.491 e. The maximum atomic E-state index is 6.08. The summed E-state index contributed by atoms with van der Waals surface area (Å²) >= 11 is 4.42. The SMILES string of the molecule is COc1cc(N)ccc1C=C(CS)B1OC(C)(C)C(C)(C)O1. The highest BCUT2D eigenvalue weighted by atomic mass is 32.1. The van der Waals surface area contributed by atoms with Crippen molar-refractivity contribution in [1.82, 2.24) is 0 Å². The Morgan fingerprint density at radius 3 is 2.36 bits per heavy atom. The highest BCUT2D eigenvalue weighted by Crippen LogP contribution is 2.39. The number of thiol groups is 1. The van der Waals surface area contributed by atoms with Gasteiger partial charge in [0.05, 0.1) is 18.3 Å². The second kappa shape index (κ2) is 6.18. The van der Waals surface area contributed by atoms with Gasteiger partial charge in [-0.05, 0) is 45.3 Å². The van der Waals surface area contributed by atoms with E-state index >= 15 is 0 Å². The van der Waals surface area contributed by atoms with Gasteiger partial charge in [-0.3, -0.25) is 0 Å². The topological polar surface area (TPSA) is 53.7 Å². The van der Waals surface area contributed by atoms with Gasteiger partial charge in [-0.15, -0.1) is 0 Å². The van der Waals surface area contributed by atoms with E-state index in [1.54, 1.807) is 13.2 Å². The van der Waals surface area contributed by atoms with Gasteiger partial charge in [-0.2, -0.15) is 12.6 Å². The molecule has 2 N–H and O–H groups in total. The van der Waals surface area contributed by atoms with Crippen molar-refractivity contribution >= 4 is 31.5 Å². The lowest BCUT2D eigenvalue weighted by Crippen LogP contribution is -2.41. The lowest BCUT2D eigenvalue weighted by atomic mass is 9.78. The van der Waals surface area contributed by atoms with Crippen molar-refractivity contribution < 1.29 is 14.0 Å². The molecular formula is C16H24BNO3S. The Balaban J connectivity index is 2.34. The van der Waals surface area contributed by atoms with Gasteiger partial charge in [0.15, 0.2) is 0 Å². The minimum atomic E-state index is -0.412. The van der Waals surface area contributed by atoms with Gasteiger partial charge >= 0.3 is 7.12 Å². The van der Waals surface area contributed by atoms with Gasteiger partial charge in [0.2, 0.25) is 0 Å². The quantitative estimate of drug-likeness (QED) is 0.508. The molecule has 0 aromatic heterocycles. The summed E-state index contributed by atoms with van der Waals surface area (Å²) in [4.78, 5) is 0. The molecule has 1 aliphatic heterocycles. The van der Waals surface area contributed by atoms with Crippen LogP contribution in [0.25, 0.3) is 6.08 Å². The molecule has 1 aliphatic rings. The molecule has 0 amide bonds. The highest BCUT2D eigenvalue weighted by Gasteiger charge is 2.52. The molecule has 0 spiro atoms. The number of nitrogen functional groups attached to an aromatic ring is 1. The average Bonchev–Trinajstić information content (AvgIpc) is 2.65. The molecule has 6 heteroatoms. The molecular weight excluding hydrogens is 297 g/mol. The number of methoxy groups -OCH3 is 1. The van der Waals surface area contributed by atoms with E-state index in [4.69, 9.17) is 19.8 Å². The average molecular weight is 321 g/mol. The van der Waals surface area contributed by atoms with Crippen LogP contribution >= 0.6 is 12.6 Å². The summed E-state index contributed by atoms with van der Waals surface area (Å²) in [6.45, 7) is 8.14. The highest BCUT2D eigenvalue weighted by molar-refractivity contribution is 7.80. The van der Waals surface area contributed by atoms with E-state index in [9.17, 15) is 0 Å². The fourth-order valence-corrected chi connectivity index (χ4v) is 2.47. The first-order valence-corrected chi connectivity index (χ1v) is 7.94. The zero-order valence-electron chi connectivity index (χ0n) is 13.8. The lowest BCUT2D eigenvalue weighted by Gasteiger charge is -2.32. The number of hydrogen-bond donors (Lipinski definition) is 2. The van der Waals surface area contributed by atoms with E-state index in [1.807, 2.05) is 45.9 Å². The number of ether oxygens (including phenoxy) is 1. The van der Waals surface area contributed by atoms with Crippen LogP contribution in [0, 0.1) is 0 Å². The summed E-state index contributed by atoms with van der Waals surface area (Å²) in [5, 5.41) is 0. The van der Waals surface area contributed by atoms with Crippen molar-refractivity contribution in [1.29, 1.82) is 0 Å². The molecule has 1 heterocycles. The molecule has 120 valence electrons. The zero-order valence-corrected chi connectivity index (χ0v) is 14.7. The molecule has 1 fully saturated rings. The van der Waals surface area contributed by atoms with E-state index in [2.05, 4.69) is 12.6 Å². The molecule has 1 aromatic carbocycles. The number of rotatable bonds is 4. The van der Waals surface area contributed by atoms with E-state index in [-0.39, 0.29) is 11.2 Å². The minimum Gasteiger partial charge on any atom is -0.496 e. The number of benzene rings is 1. The van der Waals surface area contributed by atoms with Crippen LogP contribution in [0.5, 0.6) is 5.75 Å². The van der Waals surface area contributed by atoms with Crippen LogP contribution in [0.3, 0.4) is 0 Å². The largest absolute Gasteiger partial charge is 0.496 e. The maximum absolute atomic E-state index is 6.08. The Labute approximate surface area is 138 Å². The van der Waals surface area contributed by atoms with Crippen molar-refractivity contribution in [2.75, 3.05) is 18.6 Å². The van der Waals surface area contributed by atoms with E-state index in [1.165, 1.54) is 0 Å². The molecule has 4 nitrogen and oxygen atoms in total. The van der Waals surface area contributed by atoms with Crippen LogP contribution in [0.4, 0.5) is 5.69 Å². The van der Waals surface area contributed by atoms with Gasteiger partial charge in [0.1, 0.15) is 5.75 Å². The third-order valence-electron chi connectivity index (χ3n) is 4.34. The second-order valence-electron chi connectivity index (χ2n) is 6.47. The minimum absolute atomic E-state index is 0.370. The van der Waals surface area contributed by atoms with Crippen molar-refractivity contribution in [3.63, 3.8) is 0 Å². The molecule has 0 radical (unpaired) electrons. The summed E-state index contributed by atoms with van der Waals surface area (Å²) in [6.07, 6.45) is 1.99. The molecule has 0 bridgehead atoms. The first-order chi connectivity index (χ1) is 10.2. The molecule has 0 atom stereocenters. The third kappa shape index (κ3) is 3.29. The first-order valence-electron chi connectivity index (χ1n) is 7.30. The Hall–Kier alpha value is -1.11. The normalized spacial score (nSPS) is 20.3.